The molecule has 8 nitrogen and oxygen atoms in total. The SMILES string of the molecule is CO[C@H](C)CC(=O)O[C@@H](C)CC(C)=O.C[C@@H]1CC(=O)O[C@@H](C)CC(=O)O1. The van der Waals surface area contributed by atoms with Crippen LogP contribution in [0, 0.1) is 0 Å². The van der Waals surface area contributed by atoms with Gasteiger partial charge < -0.3 is 18.9 Å². The molecule has 0 bridgehead atoms. The van der Waals surface area contributed by atoms with Gasteiger partial charge in [0.1, 0.15) is 24.1 Å². The van der Waals surface area contributed by atoms with Crippen LogP contribution in [0.4, 0.5) is 0 Å². The molecule has 0 aliphatic carbocycles. The second-order valence-corrected chi connectivity index (χ2v) is 6.47. The minimum Gasteiger partial charge on any atom is -0.462 e. The van der Waals surface area contributed by atoms with Gasteiger partial charge in [-0.2, -0.15) is 0 Å². The van der Waals surface area contributed by atoms with Crippen molar-refractivity contribution in [3.05, 3.63) is 0 Å². The highest BCUT2D eigenvalue weighted by molar-refractivity contribution is 5.77. The van der Waals surface area contributed by atoms with E-state index in [0.717, 1.165) is 0 Å². The van der Waals surface area contributed by atoms with E-state index in [1.807, 2.05) is 0 Å². The third-order valence-electron chi connectivity index (χ3n) is 3.34. The van der Waals surface area contributed by atoms with Crippen molar-refractivity contribution in [1.29, 1.82) is 0 Å². The van der Waals surface area contributed by atoms with Crippen LogP contribution in [-0.4, -0.2) is 55.2 Å². The molecule has 8 heteroatoms. The van der Waals surface area contributed by atoms with Crippen molar-refractivity contribution in [3.8, 4) is 0 Å². The Morgan fingerprint density at radius 2 is 1.46 bits per heavy atom. The number of hydrogen-bond donors (Lipinski definition) is 0. The van der Waals surface area contributed by atoms with Crippen molar-refractivity contribution in [2.45, 2.75) is 84.7 Å². The summed E-state index contributed by atoms with van der Waals surface area (Å²) in [4.78, 5) is 43.8. The van der Waals surface area contributed by atoms with Crippen LogP contribution < -0.4 is 0 Å². The van der Waals surface area contributed by atoms with E-state index >= 15 is 0 Å². The Morgan fingerprint density at radius 3 is 1.85 bits per heavy atom. The van der Waals surface area contributed by atoms with E-state index < -0.39 is 0 Å². The molecule has 150 valence electrons. The number of ether oxygens (including phenoxy) is 4. The molecular weight excluding hydrogens is 344 g/mol. The van der Waals surface area contributed by atoms with Crippen molar-refractivity contribution in [2.24, 2.45) is 0 Å². The lowest BCUT2D eigenvalue weighted by Gasteiger charge is -2.20. The standard InChI is InChI=1S/C10H18O4.C8H12O4/c1-7(11)5-9(3)14-10(12)6-8(2)13-4;1-5-3-7(9)12-6(2)4-8(10)11-5/h8-9H,5-6H2,1-4H3;5-6H,3-4H2,1-2H3/t8-,9+;5-,6+/m1./s1. The van der Waals surface area contributed by atoms with Gasteiger partial charge in [-0.25, -0.2) is 0 Å². The Hall–Kier alpha value is -1.96. The second kappa shape index (κ2) is 12.4. The largest absolute Gasteiger partial charge is 0.462 e. The molecule has 0 amide bonds. The first-order valence-electron chi connectivity index (χ1n) is 8.64. The summed E-state index contributed by atoms with van der Waals surface area (Å²) in [6.45, 7) is 8.32. The molecule has 0 aromatic carbocycles. The average Bonchev–Trinajstić information content (AvgIpc) is 2.44. The minimum atomic E-state index is -0.363. The predicted molar refractivity (Wildman–Crippen MR) is 92.3 cm³/mol. The lowest BCUT2D eigenvalue weighted by molar-refractivity contribution is -0.166. The molecule has 0 spiro atoms. The first kappa shape index (κ1) is 24.0. The highest BCUT2D eigenvalue weighted by Gasteiger charge is 2.23. The van der Waals surface area contributed by atoms with Gasteiger partial charge in [0.15, 0.2) is 0 Å². The molecule has 0 aromatic heterocycles. The van der Waals surface area contributed by atoms with Crippen molar-refractivity contribution in [3.63, 3.8) is 0 Å². The molecule has 1 rings (SSSR count). The summed E-state index contributed by atoms with van der Waals surface area (Å²) in [6, 6.07) is 0. The van der Waals surface area contributed by atoms with E-state index in [9.17, 15) is 19.2 Å². The molecule has 26 heavy (non-hydrogen) atoms. The van der Waals surface area contributed by atoms with E-state index in [-0.39, 0.29) is 73.8 Å². The first-order chi connectivity index (χ1) is 12.0. The topological polar surface area (TPSA) is 105 Å². The number of Topliss-reactive ketones (excluding diaryl/α,β-unsaturated/α-hetero) is 1. The van der Waals surface area contributed by atoms with Gasteiger partial charge in [-0.1, -0.05) is 0 Å². The fourth-order valence-electron chi connectivity index (χ4n) is 2.13. The van der Waals surface area contributed by atoms with Crippen LogP contribution in [0.25, 0.3) is 0 Å². The molecule has 0 radical (unpaired) electrons. The predicted octanol–water partition coefficient (Wildman–Crippen LogP) is 1.97. The highest BCUT2D eigenvalue weighted by atomic mass is 16.6. The quantitative estimate of drug-likeness (QED) is 0.513. The first-order valence-corrected chi connectivity index (χ1v) is 8.64. The second-order valence-electron chi connectivity index (χ2n) is 6.47. The maximum atomic E-state index is 11.2. The molecule has 1 fully saturated rings. The summed E-state index contributed by atoms with van der Waals surface area (Å²) in [7, 11) is 1.54. The highest BCUT2D eigenvalue weighted by Crippen LogP contribution is 2.10. The summed E-state index contributed by atoms with van der Waals surface area (Å²) in [5.41, 5.74) is 0. The Balaban J connectivity index is 0.000000485. The van der Waals surface area contributed by atoms with Gasteiger partial charge >= 0.3 is 17.9 Å². The van der Waals surface area contributed by atoms with Gasteiger partial charge in [0.05, 0.1) is 25.4 Å². The number of cyclic esters (lactones) is 2. The minimum absolute atomic E-state index is 0.0186. The Labute approximate surface area is 154 Å². The van der Waals surface area contributed by atoms with Crippen LogP contribution in [0.5, 0.6) is 0 Å². The number of hydrogen-bond acceptors (Lipinski definition) is 8. The Bertz CT molecular complexity index is 450. The van der Waals surface area contributed by atoms with Crippen LogP contribution in [0.3, 0.4) is 0 Å². The molecule has 4 atom stereocenters. The zero-order chi connectivity index (χ0) is 20.3. The lowest BCUT2D eigenvalue weighted by Crippen LogP contribution is -2.29. The summed E-state index contributed by atoms with van der Waals surface area (Å²) < 4.78 is 19.7. The molecule has 0 unspecified atom stereocenters. The van der Waals surface area contributed by atoms with Gasteiger partial charge in [0.25, 0.3) is 0 Å². The lowest BCUT2D eigenvalue weighted by atomic mass is 10.2. The summed E-state index contributed by atoms with van der Waals surface area (Å²) in [5.74, 6) is -0.914. The molecule has 1 aliphatic rings. The van der Waals surface area contributed by atoms with Gasteiger partial charge in [-0.3, -0.25) is 19.2 Å². The van der Waals surface area contributed by atoms with E-state index in [1.165, 1.54) is 14.0 Å². The smallest absolute Gasteiger partial charge is 0.309 e. The normalized spacial score (nSPS) is 22.4. The Morgan fingerprint density at radius 1 is 1.00 bits per heavy atom. The van der Waals surface area contributed by atoms with Gasteiger partial charge in [0, 0.05) is 13.5 Å². The monoisotopic (exact) mass is 374 g/mol. The maximum Gasteiger partial charge on any atom is 0.309 e. The maximum absolute atomic E-state index is 11.2. The van der Waals surface area contributed by atoms with Crippen molar-refractivity contribution >= 4 is 23.7 Å². The molecule has 1 aliphatic heterocycles. The number of rotatable bonds is 6. The zero-order valence-corrected chi connectivity index (χ0v) is 16.4. The van der Waals surface area contributed by atoms with Crippen molar-refractivity contribution in [2.75, 3.05) is 7.11 Å². The van der Waals surface area contributed by atoms with Gasteiger partial charge in [-0.15, -0.1) is 0 Å². The Kier molecular flexibility index (Phi) is 11.5. The molecule has 0 saturated carbocycles. The van der Waals surface area contributed by atoms with Gasteiger partial charge in [-0.05, 0) is 34.6 Å². The van der Waals surface area contributed by atoms with E-state index in [2.05, 4.69) is 0 Å². The summed E-state index contributed by atoms with van der Waals surface area (Å²) in [5, 5.41) is 0. The fourth-order valence-corrected chi connectivity index (χ4v) is 2.13. The fraction of sp³-hybridized carbons (Fsp3) is 0.778. The molecular formula is C18H30O8. The van der Waals surface area contributed by atoms with Crippen LogP contribution >= 0.6 is 0 Å². The van der Waals surface area contributed by atoms with Crippen LogP contribution in [0.2, 0.25) is 0 Å². The molecule has 1 heterocycles. The third-order valence-corrected chi connectivity index (χ3v) is 3.34. The van der Waals surface area contributed by atoms with E-state index in [0.29, 0.717) is 0 Å². The molecule has 0 N–H and O–H groups in total. The molecule has 1 saturated heterocycles. The van der Waals surface area contributed by atoms with Crippen molar-refractivity contribution < 1.29 is 38.1 Å². The average molecular weight is 374 g/mol. The number of methoxy groups -OCH3 is 1. The zero-order valence-electron chi connectivity index (χ0n) is 16.4. The number of esters is 3. The summed E-state index contributed by atoms with van der Waals surface area (Å²) in [6.07, 6.45) is -0.427. The third kappa shape index (κ3) is 12.4. The number of carbonyl (C=O) groups is 4. The van der Waals surface area contributed by atoms with E-state index in [4.69, 9.17) is 18.9 Å². The summed E-state index contributed by atoms with van der Waals surface area (Å²) >= 11 is 0. The van der Waals surface area contributed by atoms with Crippen LogP contribution in [0.1, 0.15) is 60.3 Å². The van der Waals surface area contributed by atoms with Gasteiger partial charge in [0.2, 0.25) is 0 Å². The van der Waals surface area contributed by atoms with Crippen molar-refractivity contribution in [1.82, 2.24) is 0 Å². The number of ketones is 1. The van der Waals surface area contributed by atoms with E-state index in [1.54, 1.807) is 27.7 Å². The van der Waals surface area contributed by atoms with Crippen LogP contribution in [0.15, 0.2) is 0 Å². The number of carbonyl (C=O) groups excluding carboxylic acids is 4. The molecule has 0 aromatic rings. The van der Waals surface area contributed by atoms with Crippen LogP contribution in [-0.2, 0) is 38.1 Å².